The monoisotopic (exact) mass is 266 g/mol. The second-order valence-corrected chi connectivity index (χ2v) is 4.72. The second-order valence-electron chi connectivity index (χ2n) is 4.72. The Kier molecular flexibility index (Phi) is 5.79. The molecule has 1 atom stereocenters. The Morgan fingerprint density at radius 2 is 2.11 bits per heavy atom. The van der Waals surface area contributed by atoms with Crippen molar-refractivity contribution in [3.05, 3.63) is 29.8 Å². The molecule has 3 N–H and O–H groups in total. The molecule has 1 amide bonds. The van der Waals surface area contributed by atoms with Crippen LogP contribution in [-0.2, 0) is 4.74 Å². The highest BCUT2D eigenvalue weighted by Crippen LogP contribution is 2.14. The Morgan fingerprint density at radius 1 is 1.42 bits per heavy atom. The van der Waals surface area contributed by atoms with Gasteiger partial charge in [0.15, 0.2) is 0 Å². The molecule has 0 spiro atoms. The number of rotatable bonds is 7. The van der Waals surface area contributed by atoms with Gasteiger partial charge >= 0.3 is 0 Å². The molecule has 0 aliphatic rings. The molecule has 19 heavy (non-hydrogen) atoms. The van der Waals surface area contributed by atoms with Gasteiger partial charge in [-0.05, 0) is 19.1 Å². The number of methoxy groups -OCH3 is 1. The molecule has 0 radical (unpaired) electrons. The van der Waals surface area contributed by atoms with E-state index in [9.17, 15) is 9.90 Å². The number of hydrogen-bond donors (Lipinski definition) is 3. The van der Waals surface area contributed by atoms with Gasteiger partial charge in [0.25, 0.3) is 5.91 Å². The maximum atomic E-state index is 12.1. The SMILES string of the molecule is CNc1ccccc1C(=O)NCC(C)(O)CCOC. The lowest BCUT2D eigenvalue weighted by atomic mass is 10.0. The second kappa shape index (κ2) is 7.11. The molecule has 106 valence electrons. The van der Waals surface area contributed by atoms with E-state index in [0.717, 1.165) is 5.69 Å². The molecule has 0 fully saturated rings. The molecular formula is C14H22N2O3. The fourth-order valence-electron chi connectivity index (χ4n) is 1.68. The first-order valence-corrected chi connectivity index (χ1v) is 6.26. The Labute approximate surface area is 114 Å². The van der Waals surface area contributed by atoms with E-state index in [1.54, 1.807) is 33.2 Å². The minimum atomic E-state index is -0.972. The van der Waals surface area contributed by atoms with E-state index in [-0.39, 0.29) is 12.5 Å². The Morgan fingerprint density at radius 3 is 2.74 bits per heavy atom. The van der Waals surface area contributed by atoms with Crippen molar-refractivity contribution in [2.24, 2.45) is 0 Å². The number of carbonyl (C=O) groups excluding carboxylic acids is 1. The van der Waals surface area contributed by atoms with Crippen molar-refractivity contribution in [3.63, 3.8) is 0 Å². The number of benzene rings is 1. The van der Waals surface area contributed by atoms with E-state index in [2.05, 4.69) is 10.6 Å². The number of nitrogens with one attached hydrogen (secondary N) is 2. The summed E-state index contributed by atoms with van der Waals surface area (Å²) < 4.78 is 4.92. The summed E-state index contributed by atoms with van der Waals surface area (Å²) in [7, 11) is 3.35. The third-order valence-corrected chi connectivity index (χ3v) is 2.92. The molecule has 0 saturated heterocycles. The van der Waals surface area contributed by atoms with Crippen LogP contribution in [0.25, 0.3) is 0 Å². The first-order valence-electron chi connectivity index (χ1n) is 6.26. The summed E-state index contributed by atoms with van der Waals surface area (Å²) in [5.41, 5.74) is 0.351. The van der Waals surface area contributed by atoms with Gasteiger partial charge < -0.3 is 20.5 Å². The van der Waals surface area contributed by atoms with E-state index in [0.29, 0.717) is 18.6 Å². The molecule has 0 heterocycles. The fraction of sp³-hybridized carbons (Fsp3) is 0.500. The first kappa shape index (κ1) is 15.5. The van der Waals surface area contributed by atoms with Crippen LogP contribution >= 0.6 is 0 Å². The van der Waals surface area contributed by atoms with Gasteiger partial charge in [-0.2, -0.15) is 0 Å². The van der Waals surface area contributed by atoms with E-state index in [1.807, 2.05) is 12.1 Å². The maximum absolute atomic E-state index is 12.1. The predicted molar refractivity (Wildman–Crippen MR) is 75.4 cm³/mol. The van der Waals surface area contributed by atoms with E-state index in [1.165, 1.54) is 0 Å². The number of amides is 1. The summed E-state index contributed by atoms with van der Waals surface area (Å²) in [5, 5.41) is 15.8. The summed E-state index contributed by atoms with van der Waals surface area (Å²) in [6.07, 6.45) is 0.470. The molecule has 0 aliphatic carbocycles. The number of ether oxygens (including phenoxy) is 1. The molecule has 0 bridgehead atoms. The maximum Gasteiger partial charge on any atom is 0.253 e. The Hall–Kier alpha value is -1.59. The molecular weight excluding hydrogens is 244 g/mol. The number of para-hydroxylation sites is 1. The quantitative estimate of drug-likeness (QED) is 0.694. The summed E-state index contributed by atoms with van der Waals surface area (Å²) in [6.45, 7) is 2.32. The summed E-state index contributed by atoms with van der Waals surface area (Å²) >= 11 is 0. The van der Waals surface area contributed by atoms with Crippen molar-refractivity contribution >= 4 is 11.6 Å². The minimum absolute atomic E-state index is 0.188. The van der Waals surface area contributed by atoms with Gasteiger partial charge in [-0.15, -0.1) is 0 Å². The average Bonchev–Trinajstić information content (AvgIpc) is 2.42. The smallest absolute Gasteiger partial charge is 0.253 e. The highest BCUT2D eigenvalue weighted by Gasteiger charge is 2.21. The van der Waals surface area contributed by atoms with Crippen molar-refractivity contribution in [1.29, 1.82) is 0 Å². The van der Waals surface area contributed by atoms with Gasteiger partial charge in [-0.3, -0.25) is 4.79 Å². The zero-order valence-corrected chi connectivity index (χ0v) is 11.7. The number of hydrogen-bond acceptors (Lipinski definition) is 4. The van der Waals surface area contributed by atoms with E-state index < -0.39 is 5.60 Å². The number of aliphatic hydroxyl groups is 1. The lowest BCUT2D eigenvalue weighted by Crippen LogP contribution is -2.41. The topological polar surface area (TPSA) is 70.6 Å². The molecule has 0 saturated carbocycles. The Bertz CT molecular complexity index is 419. The van der Waals surface area contributed by atoms with E-state index in [4.69, 9.17) is 4.74 Å². The molecule has 5 nitrogen and oxygen atoms in total. The van der Waals surface area contributed by atoms with Crippen molar-refractivity contribution in [3.8, 4) is 0 Å². The normalized spacial score (nSPS) is 13.7. The van der Waals surface area contributed by atoms with Gasteiger partial charge in [0.05, 0.1) is 11.2 Å². The molecule has 0 aliphatic heterocycles. The lowest BCUT2D eigenvalue weighted by Gasteiger charge is -2.23. The van der Waals surface area contributed by atoms with Crippen LogP contribution in [0.1, 0.15) is 23.7 Å². The highest BCUT2D eigenvalue weighted by molar-refractivity contribution is 5.99. The van der Waals surface area contributed by atoms with Crippen LogP contribution in [0, 0.1) is 0 Å². The van der Waals surface area contributed by atoms with Crippen LogP contribution in [-0.4, -0.2) is 43.9 Å². The number of carbonyl (C=O) groups is 1. The van der Waals surface area contributed by atoms with Crippen LogP contribution < -0.4 is 10.6 Å². The zero-order chi connectivity index (χ0) is 14.3. The van der Waals surface area contributed by atoms with Gasteiger partial charge in [-0.25, -0.2) is 0 Å². The van der Waals surface area contributed by atoms with Gasteiger partial charge in [0.1, 0.15) is 0 Å². The molecule has 1 unspecified atom stereocenters. The summed E-state index contributed by atoms with van der Waals surface area (Å²) in [6, 6.07) is 7.24. The predicted octanol–water partition coefficient (Wildman–Crippen LogP) is 1.25. The fourth-order valence-corrected chi connectivity index (χ4v) is 1.68. The van der Waals surface area contributed by atoms with E-state index >= 15 is 0 Å². The third-order valence-electron chi connectivity index (χ3n) is 2.92. The molecule has 5 heteroatoms. The van der Waals surface area contributed by atoms with Crippen LogP contribution in [0.5, 0.6) is 0 Å². The van der Waals surface area contributed by atoms with Crippen LogP contribution in [0.2, 0.25) is 0 Å². The van der Waals surface area contributed by atoms with Crippen LogP contribution in [0.3, 0.4) is 0 Å². The van der Waals surface area contributed by atoms with Gasteiger partial charge in [0, 0.05) is 39.4 Å². The molecule has 0 aromatic heterocycles. The molecule has 1 aromatic rings. The average molecular weight is 266 g/mol. The van der Waals surface area contributed by atoms with Crippen LogP contribution in [0.4, 0.5) is 5.69 Å². The summed E-state index contributed by atoms with van der Waals surface area (Å²) in [4.78, 5) is 12.1. The van der Waals surface area contributed by atoms with Crippen molar-refractivity contribution < 1.29 is 14.6 Å². The molecule has 1 rings (SSSR count). The Balaban J connectivity index is 2.60. The van der Waals surface area contributed by atoms with Crippen molar-refractivity contribution in [2.75, 3.05) is 32.6 Å². The largest absolute Gasteiger partial charge is 0.388 e. The van der Waals surface area contributed by atoms with Crippen molar-refractivity contribution in [1.82, 2.24) is 5.32 Å². The van der Waals surface area contributed by atoms with Crippen LogP contribution in [0.15, 0.2) is 24.3 Å². The van der Waals surface area contributed by atoms with Crippen molar-refractivity contribution in [2.45, 2.75) is 18.9 Å². The third kappa shape index (κ3) is 4.89. The highest BCUT2D eigenvalue weighted by atomic mass is 16.5. The molecule has 1 aromatic carbocycles. The minimum Gasteiger partial charge on any atom is -0.388 e. The van der Waals surface area contributed by atoms with Gasteiger partial charge in [0.2, 0.25) is 0 Å². The summed E-state index contributed by atoms with van der Waals surface area (Å²) in [5.74, 6) is -0.206. The lowest BCUT2D eigenvalue weighted by molar-refractivity contribution is 0.0244. The number of anilines is 1. The van der Waals surface area contributed by atoms with Gasteiger partial charge in [-0.1, -0.05) is 12.1 Å². The standard InChI is InChI=1S/C14H22N2O3/c1-14(18,8-9-19-3)10-16-13(17)11-6-4-5-7-12(11)15-2/h4-7,15,18H,8-10H2,1-3H3,(H,16,17). The first-order chi connectivity index (χ1) is 9.00. The zero-order valence-electron chi connectivity index (χ0n) is 11.7.